The van der Waals surface area contributed by atoms with E-state index >= 15 is 0 Å². The van der Waals surface area contributed by atoms with Gasteiger partial charge in [-0.3, -0.25) is 0 Å². The zero-order valence-electron chi connectivity index (χ0n) is 52.3. The molecule has 0 spiro atoms. The maximum atomic E-state index is 2.50. The maximum absolute atomic E-state index is 2.50. The van der Waals surface area contributed by atoms with Crippen LogP contribution >= 0.6 is 0 Å². The fourth-order valence-electron chi connectivity index (χ4n) is 12.3. The van der Waals surface area contributed by atoms with Gasteiger partial charge in [-0.15, -0.1) is 0 Å². The molecule has 79 heavy (non-hydrogen) atoms. The summed E-state index contributed by atoms with van der Waals surface area (Å²) in [6.45, 7) is 37.5. The summed E-state index contributed by atoms with van der Waals surface area (Å²) in [6, 6.07) is 55.0. The molecule has 0 heterocycles. The van der Waals surface area contributed by atoms with Crippen molar-refractivity contribution in [3.8, 4) is 0 Å². The predicted molar refractivity (Wildman–Crippen MR) is 353 cm³/mol. The number of fused-ring (bicyclic) bond motifs is 3. The van der Waals surface area contributed by atoms with E-state index in [1.165, 1.54) is 174 Å². The SMILES string of the molecule is Cc1cc(C(C)C)c(C)c(C(C)C)c1.Cc1cc(C2CCCCC2)c(C)c(C2CCCCC2)c1.Cc1ccc(C)c(C)c1.Cc1ccc(C)c2ccccc12.Cc1ccc2cc(C)ccc2c1.Cc1cccc2c(C)cccc12. The van der Waals surface area contributed by atoms with Crippen LogP contribution in [-0.2, 0) is 0 Å². The minimum Gasteiger partial charge on any atom is -0.0616 e. The summed E-state index contributed by atoms with van der Waals surface area (Å²) in [5.41, 5.74) is 24.6. The lowest BCUT2D eigenvalue weighted by Crippen LogP contribution is -2.11. The minimum atomic E-state index is 0.632. The third-order valence-electron chi connectivity index (χ3n) is 17.1. The first kappa shape index (κ1) is 62.0. The van der Waals surface area contributed by atoms with Gasteiger partial charge < -0.3 is 0 Å². The zero-order valence-corrected chi connectivity index (χ0v) is 52.3. The van der Waals surface area contributed by atoms with Gasteiger partial charge in [0, 0.05) is 0 Å². The Morgan fingerprint density at radius 1 is 0.278 bits per heavy atom. The number of hydrogen-bond acceptors (Lipinski definition) is 0. The third kappa shape index (κ3) is 17.6. The van der Waals surface area contributed by atoms with Crippen LogP contribution in [0.1, 0.15) is 210 Å². The van der Waals surface area contributed by atoms with E-state index < -0.39 is 0 Å². The van der Waals surface area contributed by atoms with Gasteiger partial charge in [-0.2, -0.15) is 0 Å². The maximum Gasteiger partial charge on any atom is -0.0152 e. The minimum absolute atomic E-state index is 0.632. The summed E-state index contributed by atoms with van der Waals surface area (Å²) < 4.78 is 0. The van der Waals surface area contributed by atoms with Crippen LogP contribution in [0.25, 0.3) is 32.3 Å². The molecule has 9 aromatic carbocycles. The van der Waals surface area contributed by atoms with Crippen LogP contribution in [0.15, 0.2) is 152 Å². The van der Waals surface area contributed by atoms with Gasteiger partial charge >= 0.3 is 0 Å². The van der Waals surface area contributed by atoms with Gasteiger partial charge in [-0.25, -0.2) is 0 Å². The standard InChI is InChI=1S/C20H30.C14H22.3C12H12.C9H12/c1-15-13-19(17-9-5-3-6-10-17)16(2)20(14-15)18-11-7-4-8-12-18;1-9(2)13-7-11(5)8-14(10(3)4)12(13)6;1-9-3-5-12-8-10(2)4-6-11(12)7-9;1-9-5-3-8-12-10(2)6-4-7-11(9)12;1-9-7-8-10(2)12-6-4-3-5-11(9)12;1-7-4-5-8(2)9(3)6-7/h13-14,17-18H,3-12H2,1-2H3;7-10H,1-6H3;3*3-8H,1-2H3;4-6H,1-3H3. The molecule has 0 amide bonds. The summed E-state index contributed by atoms with van der Waals surface area (Å²) >= 11 is 0. The summed E-state index contributed by atoms with van der Waals surface area (Å²) in [7, 11) is 0. The molecule has 2 saturated carbocycles. The van der Waals surface area contributed by atoms with Gasteiger partial charge in [0.15, 0.2) is 0 Å². The van der Waals surface area contributed by atoms with Crippen molar-refractivity contribution in [2.24, 2.45) is 0 Å². The van der Waals surface area contributed by atoms with Gasteiger partial charge in [0.25, 0.3) is 0 Å². The predicted octanol–water partition coefficient (Wildman–Crippen LogP) is 23.9. The largest absolute Gasteiger partial charge is 0.0616 e. The molecule has 0 saturated heterocycles. The highest BCUT2D eigenvalue weighted by molar-refractivity contribution is 5.89. The molecule has 2 fully saturated rings. The molecule has 0 aliphatic heterocycles. The van der Waals surface area contributed by atoms with Crippen molar-refractivity contribution in [3.63, 3.8) is 0 Å². The summed E-state index contributed by atoms with van der Waals surface area (Å²) in [5.74, 6) is 2.97. The van der Waals surface area contributed by atoms with E-state index in [1.54, 1.807) is 16.7 Å². The number of rotatable bonds is 4. The van der Waals surface area contributed by atoms with Gasteiger partial charge in [0.05, 0.1) is 0 Å². The third-order valence-corrected chi connectivity index (χ3v) is 17.1. The molecule has 11 rings (SSSR count). The Balaban J connectivity index is 0.000000156. The van der Waals surface area contributed by atoms with E-state index in [0.717, 1.165) is 11.8 Å². The first-order chi connectivity index (χ1) is 37.7. The lowest BCUT2D eigenvalue weighted by Gasteiger charge is -2.29. The zero-order chi connectivity index (χ0) is 57.3. The highest BCUT2D eigenvalue weighted by Crippen LogP contribution is 2.41. The fraction of sp³-hybridized carbons (Fsp3) is 0.392. The molecule has 2 aliphatic rings. The second-order valence-electron chi connectivity index (χ2n) is 24.5. The Hall–Kier alpha value is -6.24. The summed E-state index contributed by atoms with van der Waals surface area (Å²) in [4.78, 5) is 0. The highest BCUT2D eigenvalue weighted by atomic mass is 14.3. The number of benzene rings is 9. The van der Waals surface area contributed by atoms with Crippen LogP contribution in [0, 0.1) is 90.0 Å². The van der Waals surface area contributed by atoms with Gasteiger partial charge in [0.1, 0.15) is 0 Å². The van der Waals surface area contributed by atoms with Crippen molar-refractivity contribution >= 4 is 32.3 Å². The molecular formula is C79H100. The van der Waals surface area contributed by atoms with Crippen LogP contribution in [0.5, 0.6) is 0 Å². The molecule has 0 atom stereocenters. The van der Waals surface area contributed by atoms with Crippen molar-refractivity contribution in [3.05, 3.63) is 246 Å². The molecule has 0 radical (unpaired) electrons. The Bertz CT molecular complexity index is 3150. The highest BCUT2D eigenvalue weighted by Gasteiger charge is 2.23. The van der Waals surface area contributed by atoms with E-state index in [1.807, 2.05) is 0 Å². The van der Waals surface area contributed by atoms with E-state index in [0.29, 0.717) is 11.8 Å². The second-order valence-corrected chi connectivity index (χ2v) is 24.5. The van der Waals surface area contributed by atoms with Crippen molar-refractivity contribution in [1.82, 2.24) is 0 Å². The van der Waals surface area contributed by atoms with Crippen molar-refractivity contribution in [2.75, 3.05) is 0 Å². The Morgan fingerprint density at radius 3 is 1.00 bits per heavy atom. The summed E-state index contributed by atoms with van der Waals surface area (Å²) in [6.07, 6.45) is 14.4. The van der Waals surface area contributed by atoms with Crippen LogP contribution < -0.4 is 0 Å². The Labute approximate surface area is 481 Å². The van der Waals surface area contributed by atoms with Crippen LogP contribution in [0.2, 0.25) is 0 Å². The Morgan fingerprint density at radius 2 is 0.620 bits per heavy atom. The molecule has 0 bridgehead atoms. The lowest BCUT2D eigenvalue weighted by atomic mass is 9.76. The monoisotopic (exact) mass is 1050 g/mol. The number of aryl methyl sites for hydroxylation is 11. The van der Waals surface area contributed by atoms with Crippen LogP contribution in [0.4, 0.5) is 0 Å². The van der Waals surface area contributed by atoms with Crippen molar-refractivity contribution in [2.45, 2.75) is 206 Å². The van der Waals surface area contributed by atoms with Gasteiger partial charge in [-0.05, 0) is 238 Å². The van der Waals surface area contributed by atoms with Gasteiger partial charge in [0.2, 0.25) is 0 Å². The molecule has 0 N–H and O–H groups in total. The molecule has 2 aliphatic carbocycles. The number of hydrogen-bond donors (Lipinski definition) is 0. The van der Waals surface area contributed by atoms with E-state index in [2.05, 4.69) is 269 Å². The van der Waals surface area contributed by atoms with E-state index in [-0.39, 0.29) is 0 Å². The molecule has 9 aromatic rings. The molecule has 0 heteroatoms. The molecular weight excluding hydrogens is 949 g/mol. The first-order valence-electron chi connectivity index (χ1n) is 30.3. The molecule has 0 aromatic heterocycles. The smallest absolute Gasteiger partial charge is 0.0152 e. The quantitative estimate of drug-likeness (QED) is 0.165. The molecule has 416 valence electrons. The Kier molecular flexibility index (Phi) is 23.4. The average Bonchev–Trinajstić information content (AvgIpc) is 3.46. The average molecular weight is 1050 g/mol. The topological polar surface area (TPSA) is 0 Å². The first-order valence-corrected chi connectivity index (χ1v) is 30.3. The fourth-order valence-corrected chi connectivity index (χ4v) is 12.3. The van der Waals surface area contributed by atoms with Crippen LogP contribution in [-0.4, -0.2) is 0 Å². The van der Waals surface area contributed by atoms with E-state index in [4.69, 9.17) is 0 Å². The van der Waals surface area contributed by atoms with Gasteiger partial charge in [-0.1, -0.05) is 246 Å². The van der Waals surface area contributed by atoms with Crippen molar-refractivity contribution in [1.29, 1.82) is 0 Å². The van der Waals surface area contributed by atoms with E-state index in [9.17, 15) is 0 Å². The normalized spacial score (nSPS) is 13.5. The van der Waals surface area contributed by atoms with Crippen molar-refractivity contribution < 1.29 is 0 Å². The molecule has 0 unspecified atom stereocenters. The van der Waals surface area contributed by atoms with Crippen LogP contribution in [0.3, 0.4) is 0 Å². The second kappa shape index (κ2) is 29.8. The molecule has 0 nitrogen and oxygen atoms in total. The lowest BCUT2D eigenvalue weighted by molar-refractivity contribution is 0.433. The summed E-state index contributed by atoms with van der Waals surface area (Å²) in [5, 5.41) is 8.16.